The Kier molecular flexibility index (Phi) is 2.47. The zero-order valence-corrected chi connectivity index (χ0v) is 9.89. The van der Waals surface area contributed by atoms with E-state index < -0.39 is 0 Å². The molecule has 1 aliphatic heterocycles. The Labute approximate surface area is 97.8 Å². The first-order chi connectivity index (χ1) is 7.86. The lowest BCUT2D eigenvalue weighted by atomic mass is 9.78. The Morgan fingerprint density at radius 2 is 2.06 bits per heavy atom. The van der Waals surface area contributed by atoms with Crippen molar-refractivity contribution >= 4 is 5.69 Å². The van der Waals surface area contributed by atoms with E-state index in [0.717, 1.165) is 11.8 Å². The van der Waals surface area contributed by atoms with Gasteiger partial charge in [0.25, 0.3) is 0 Å². The molecule has 1 aliphatic carbocycles. The predicted molar refractivity (Wildman–Crippen MR) is 68.9 cm³/mol. The van der Waals surface area contributed by atoms with Gasteiger partial charge in [-0.25, -0.2) is 0 Å². The molecule has 0 bridgehead atoms. The second-order valence-corrected chi connectivity index (χ2v) is 5.09. The molecule has 1 heteroatoms. The quantitative estimate of drug-likeness (QED) is 0.595. The highest BCUT2D eigenvalue weighted by Crippen LogP contribution is 2.43. The highest BCUT2D eigenvalue weighted by molar-refractivity contribution is 5.57. The van der Waals surface area contributed by atoms with Crippen LogP contribution in [0.2, 0.25) is 0 Å². The largest absolute Gasteiger partial charge is 0.374 e. The van der Waals surface area contributed by atoms with E-state index in [4.69, 9.17) is 0 Å². The molecule has 1 nitrogen and oxygen atoms in total. The molecule has 2 unspecified atom stereocenters. The Balaban J connectivity index is 2.02. The van der Waals surface area contributed by atoms with E-state index in [2.05, 4.69) is 48.4 Å². The van der Waals surface area contributed by atoms with Crippen LogP contribution in [-0.4, -0.2) is 13.6 Å². The van der Waals surface area contributed by atoms with Gasteiger partial charge in [0.15, 0.2) is 0 Å². The summed E-state index contributed by atoms with van der Waals surface area (Å²) in [6, 6.07) is 8.94. The van der Waals surface area contributed by atoms with Gasteiger partial charge in [0.05, 0.1) is 0 Å². The summed E-state index contributed by atoms with van der Waals surface area (Å²) in [5.74, 6) is 1.60. The van der Waals surface area contributed by atoms with Gasteiger partial charge < -0.3 is 4.90 Å². The third-order valence-electron chi connectivity index (χ3n) is 4.07. The van der Waals surface area contributed by atoms with E-state index in [1.165, 1.54) is 31.5 Å². The van der Waals surface area contributed by atoms with Gasteiger partial charge >= 0.3 is 0 Å². The van der Waals surface area contributed by atoms with Crippen molar-refractivity contribution in [2.75, 3.05) is 18.5 Å². The maximum Gasteiger partial charge on any atom is 0.0399 e. The van der Waals surface area contributed by atoms with E-state index in [0.29, 0.717) is 0 Å². The maximum atomic E-state index is 2.43. The molecule has 2 aliphatic rings. The molecule has 1 aromatic carbocycles. The fourth-order valence-corrected chi connectivity index (χ4v) is 3.27. The lowest BCUT2D eigenvalue weighted by Crippen LogP contribution is -2.34. The molecule has 84 valence electrons. The van der Waals surface area contributed by atoms with Crippen LogP contribution in [0.1, 0.15) is 30.7 Å². The van der Waals surface area contributed by atoms with Crippen LogP contribution < -0.4 is 4.90 Å². The van der Waals surface area contributed by atoms with Crippen molar-refractivity contribution in [2.24, 2.45) is 5.92 Å². The number of nitrogens with zero attached hydrogens (tertiary/aromatic N) is 1. The zero-order valence-electron chi connectivity index (χ0n) is 9.89. The zero-order chi connectivity index (χ0) is 11.0. The van der Waals surface area contributed by atoms with E-state index >= 15 is 0 Å². The number of allylic oxidation sites excluding steroid dienone is 2. The minimum atomic E-state index is 0.780. The summed E-state index contributed by atoms with van der Waals surface area (Å²) in [5, 5.41) is 0. The lowest BCUT2D eigenvalue weighted by molar-refractivity contribution is 0.401. The van der Waals surface area contributed by atoms with Gasteiger partial charge in [0.1, 0.15) is 0 Å². The summed E-state index contributed by atoms with van der Waals surface area (Å²) >= 11 is 0. The normalized spacial score (nSPS) is 28.2. The van der Waals surface area contributed by atoms with Crippen molar-refractivity contribution in [3.63, 3.8) is 0 Å². The third-order valence-corrected chi connectivity index (χ3v) is 4.07. The summed E-state index contributed by atoms with van der Waals surface area (Å²) in [7, 11) is 2.23. The van der Waals surface area contributed by atoms with Gasteiger partial charge in [-0.05, 0) is 42.7 Å². The van der Waals surface area contributed by atoms with E-state index in [1.54, 1.807) is 5.56 Å². The van der Waals surface area contributed by atoms with Crippen LogP contribution in [-0.2, 0) is 0 Å². The van der Waals surface area contributed by atoms with Crippen LogP contribution in [0.15, 0.2) is 36.4 Å². The standard InChI is InChI=1S/C15H19N/c1-16-11-12-7-3-2-4-8-13(12)14-9-5-6-10-15(14)16/h2-3,5-6,9-10,12-13H,4,7-8,11H2,1H3. The molecule has 0 fully saturated rings. The van der Waals surface area contributed by atoms with Crippen molar-refractivity contribution in [1.82, 2.24) is 0 Å². The Morgan fingerprint density at radius 3 is 3.00 bits per heavy atom. The van der Waals surface area contributed by atoms with Gasteiger partial charge in [-0.3, -0.25) is 0 Å². The highest BCUT2D eigenvalue weighted by Gasteiger charge is 2.31. The van der Waals surface area contributed by atoms with E-state index in [1.807, 2.05) is 0 Å². The number of benzene rings is 1. The summed E-state index contributed by atoms with van der Waals surface area (Å²) in [5.41, 5.74) is 3.02. The van der Waals surface area contributed by atoms with Gasteiger partial charge in [-0.15, -0.1) is 0 Å². The molecule has 0 amide bonds. The molecule has 1 aromatic rings. The van der Waals surface area contributed by atoms with Crippen LogP contribution >= 0.6 is 0 Å². The monoisotopic (exact) mass is 213 g/mol. The molecule has 3 rings (SSSR count). The lowest BCUT2D eigenvalue weighted by Gasteiger charge is -2.38. The molecular formula is C15H19N. The number of anilines is 1. The van der Waals surface area contributed by atoms with Crippen LogP contribution in [0, 0.1) is 5.92 Å². The molecular weight excluding hydrogens is 194 g/mol. The first-order valence-corrected chi connectivity index (χ1v) is 6.31. The molecule has 16 heavy (non-hydrogen) atoms. The number of hydrogen-bond acceptors (Lipinski definition) is 1. The molecule has 1 heterocycles. The highest BCUT2D eigenvalue weighted by atomic mass is 15.1. The van der Waals surface area contributed by atoms with E-state index in [9.17, 15) is 0 Å². The third kappa shape index (κ3) is 1.55. The molecule has 0 aromatic heterocycles. The second-order valence-electron chi connectivity index (χ2n) is 5.09. The topological polar surface area (TPSA) is 3.24 Å². The van der Waals surface area contributed by atoms with Crippen molar-refractivity contribution < 1.29 is 0 Å². The van der Waals surface area contributed by atoms with Crippen molar-refractivity contribution in [2.45, 2.75) is 25.2 Å². The molecule has 0 spiro atoms. The molecule has 2 atom stereocenters. The minimum Gasteiger partial charge on any atom is -0.374 e. The van der Waals surface area contributed by atoms with Crippen molar-refractivity contribution in [1.29, 1.82) is 0 Å². The molecule has 0 saturated carbocycles. The Morgan fingerprint density at radius 1 is 1.19 bits per heavy atom. The average Bonchev–Trinajstić information content (AvgIpc) is 2.55. The van der Waals surface area contributed by atoms with Crippen LogP contribution in [0.4, 0.5) is 5.69 Å². The minimum absolute atomic E-state index is 0.780. The maximum absolute atomic E-state index is 2.43. The van der Waals surface area contributed by atoms with Crippen molar-refractivity contribution in [3.8, 4) is 0 Å². The number of hydrogen-bond donors (Lipinski definition) is 0. The first kappa shape index (κ1) is 9.95. The molecule has 0 N–H and O–H groups in total. The van der Waals surface area contributed by atoms with Crippen molar-refractivity contribution in [3.05, 3.63) is 42.0 Å². The Bertz CT molecular complexity index is 408. The Hall–Kier alpha value is -1.24. The molecule has 0 saturated heterocycles. The number of para-hydroxylation sites is 1. The fourth-order valence-electron chi connectivity index (χ4n) is 3.27. The molecule has 0 radical (unpaired) electrons. The van der Waals surface area contributed by atoms with E-state index in [-0.39, 0.29) is 0 Å². The SMILES string of the molecule is CN1CC2CC=CCCC2c2ccccc21. The summed E-state index contributed by atoms with van der Waals surface area (Å²) in [6.07, 6.45) is 8.57. The fraction of sp³-hybridized carbons (Fsp3) is 0.467. The predicted octanol–water partition coefficient (Wildman–Crippen LogP) is 3.58. The van der Waals surface area contributed by atoms with Crippen LogP contribution in [0.25, 0.3) is 0 Å². The second kappa shape index (κ2) is 3.97. The number of rotatable bonds is 0. The van der Waals surface area contributed by atoms with Crippen LogP contribution in [0.5, 0.6) is 0 Å². The average molecular weight is 213 g/mol. The first-order valence-electron chi connectivity index (χ1n) is 6.31. The smallest absolute Gasteiger partial charge is 0.0399 e. The summed E-state index contributed by atoms with van der Waals surface area (Å²) < 4.78 is 0. The van der Waals surface area contributed by atoms with Crippen LogP contribution in [0.3, 0.4) is 0 Å². The number of fused-ring (bicyclic) bond motifs is 3. The van der Waals surface area contributed by atoms with Gasteiger partial charge in [0.2, 0.25) is 0 Å². The van der Waals surface area contributed by atoms with Gasteiger partial charge in [-0.2, -0.15) is 0 Å². The van der Waals surface area contributed by atoms with Gasteiger partial charge in [-0.1, -0.05) is 30.4 Å². The summed E-state index contributed by atoms with van der Waals surface area (Å²) in [4.78, 5) is 2.43. The summed E-state index contributed by atoms with van der Waals surface area (Å²) in [6.45, 7) is 1.21. The van der Waals surface area contributed by atoms with Gasteiger partial charge in [0, 0.05) is 19.3 Å².